The van der Waals surface area contributed by atoms with E-state index >= 15 is 0 Å². The minimum atomic E-state index is -0.127. The summed E-state index contributed by atoms with van der Waals surface area (Å²) in [6, 6.07) is 6.78. The van der Waals surface area contributed by atoms with E-state index in [1.54, 1.807) is 14.2 Å². The highest BCUT2D eigenvalue weighted by Crippen LogP contribution is 2.45. The number of benzene rings is 1. The molecule has 1 aliphatic carbocycles. The molecule has 0 amide bonds. The van der Waals surface area contributed by atoms with E-state index in [1.807, 2.05) is 6.07 Å². The zero-order valence-electron chi connectivity index (χ0n) is 13.1. The summed E-state index contributed by atoms with van der Waals surface area (Å²) in [4.78, 5) is 2.41. The summed E-state index contributed by atoms with van der Waals surface area (Å²) in [6.45, 7) is 1.05. The molecule has 0 radical (unpaired) electrons. The minimum absolute atomic E-state index is 0.127. The molecule has 1 saturated carbocycles. The molecule has 116 valence electrons. The third-order valence-electron chi connectivity index (χ3n) is 5.24. The number of likely N-dealkylation sites (tertiary alicyclic amines) is 1. The largest absolute Gasteiger partial charge is 0.493 e. The molecule has 1 aromatic rings. The fraction of sp³-hybridized carbons (Fsp3) is 0.647. The molecule has 4 heteroatoms. The molecule has 1 N–H and O–H groups in total. The van der Waals surface area contributed by atoms with Crippen molar-refractivity contribution in [3.05, 3.63) is 23.8 Å². The molecule has 1 aromatic carbocycles. The molecule has 0 aromatic heterocycles. The van der Waals surface area contributed by atoms with E-state index < -0.39 is 0 Å². The van der Waals surface area contributed by atoms with Crippen LogP contribution >= 0.6 is 0 Å². The summed E-state index contributed by atoms with van der Waals surface area (Å²) in [7, 11) is 5.53. The number of rotatable bonds is 3. The van der Waals surface area contributed by atoms with Crippen LogP contribution in [0.15, 0.2) is 18.2 Å². The maximum absolute atomic E-state index is 9.92. The molecule has 1 saturated heterocycles. The van der Waals surface area contributed by atoms with Gasteiger partial charge in [-0.1, -0.05) is 6.07 Å². The summed E-state index contributed by atoms with van der Waals surface area (Å²) in [5.41, 5.74) is 1.32. The zero-order chi connectivity index (χ0) is 15.0. The Morgan fingerprint density at radius 3 is 2.62 bits per heavy atom. The molecule has 1 heterocycles. The number of aliphatic hydroxyl groups is 1. The van der Waals surface area contributed by atoms with E-state index in [4.69, 9.17) is 9.47 Å². The molecular weight excluding hydrogens is 266 g/mol. The molecule has 4 nitrogen and oxygen atoms in total. The molecule has 0 bridgehead atoms. The first-order valence-corrected chi connectivity index (χ1v) is 7.74. The van der Waals surface area contributed by atoms with Crippen LogP contribution in [0.2, 0.25) is 0 Å². The topological polar surface area (TPSA) is 41.9 Å². The number of aliphatic hydroxyl groups excluding tert-OH is 1. The maximum Gasteiger partial charge on any atom is 0.160 e. The van der Waals surface area contributed by atoms with Gasteiger partial charge >= 0.3 is 0 Å². The van der Waals surface area contributed by atoms with Crippen molar-refractivity contribution in [2.75, 3.05) is 27.8 Å². The molecule has 2 aliphatic rings. The summed E-state index contributed by atoms with van der Waals surface area (Å²) in [5.74, 6) is 2.74. The van der Waals surface area contributed by atoms with E-state index in [9.17, 15) is 5.11 Å². The number of ether oxygens (including phenoxy) is 2. The highest BCUT2D eigenvalue weighted by atomic mass is 16.5. The van der Waals surface area contributed by atoms with Gasteiger partial charge in [0.2, 0.25) is 0 Å². The number of hydrogen-bond acceptors (Lipinski definition) is 4. The SMILES string of the molecule is COc1ccc([C@H]2CN(C)C3CC(O)CCC32)cc1OC. The van der Waals surface area contributed by atoms with Gasteiger partial charge in [0.25, 0.3) is 0 Å². The smallest absolute Gasteiger partial charge is 0.160 e. The molecule has 4 atom stereocenters. The Bertz CT molecular complexity index is 505. The molecule has 3 rings (SSSR count). The van der Waals surface area contributed by atoms with E-state index in [0.717, 1.165) is 37.3 Å². The fourth-order valence-electron chi connectivity index (χ4n) is 4.14. The van der Waals surface area contributed by atoms with E-state index in [1.165, 1.54) is 5.56 Å². The van der Waals surface area contributed by atoms with Gasteiger partial charge in [-0.3, -0.25) is 0 Å². The van der Waals surface area contributed by atoms with Crippen LogP contribution in [0, 0.1) is 5.92 Å². The first-order valence-electron chi connectivity index (χ1n) is 7.74. The van der Waals surface area contributed by atoms with Gasteiger partial charge in [0.1, 0.15) is 0 Å². The summed E-state index contributed by atoms with van der Waals surface area (Å²) in [6.07, 6.45) is 2.82. The van der Waals surface area contributed by atoms with Gasteiger partial charge in [-0.15, -0.1) is 0 Å². The molecule has 21 heavy (non-hydrogen) atoms. The Balaban J connectivity index is 1.87. The second-order valence-corrected chi connectivity index (χ2v) is 6.36. The third-order valence-corrected chi connectivity index (χ3v) is 5.24. The van der Waals surface area contributed by atoms with Crippen molar-refractivity contribution in [3.63, 3.8) is 0 Å². The van der Waals surface area contributed by atoms with Crippen LogP contribution in [0.1, 0.15) is 30.7 Å². The van der Waals surface area contributed by atoms with E-state index in [2.05, 4.69) is 24.1 Å². The van der Waals surface area contributed by atoms with Gasteiger partial charge in [0.05, 0.1) is 20.3 Å². The Morgan fingerprint density at radius 1 is 1.14 bits per heavy atom. The van der Waals surface area contributed by atoms with Gasteiger partial charge in [0, 0.05) is 18.5 Å². The summed E-state index contributed by atoms with van der Waals surface area (Å²) < 4.78 is 10.8. The van der Waals surface area contributed by atoms with Gasteiger partial charge in [-0.2, -0.15) is 0 Å². The monoisotopic (exact) mass is 291 g/mol. The first kappa shape index (κ1) is 14.7. The van der Waals surface area contributed by atoms with Crippen molar-refractivity contribution in [3.8, 4) is 11.5 Å². The Hall–Kier alpha value is -1.26. The van der Waals surface area contributed by atoms with Crippen molar-refractivity contribution in [1.82, 2.24) is 4.90 Å². The van der Waals surface area contributed by atoms with Gasteiger partial charge in [-0.25, -0.2) is 0 Å². The highest BCUT2D eigenvalue weighted by molar-refractivity contribution is 5.44. The predicted molar refractivity (Wildman–Crippen MR) is 82.1 cm³/mol. The van der Waals surface area contributed by atoms with Crippen LogP contribution in [0.25, 0.3) is 0 Å². The Kier molecular flexibility index (Phi) is 4.09. The maximum atomic E-state index is 9.92. The summed E-state index contributed by atoms with van der Waals surface area (Å²) >= 11 is 0. The number of likely N-dealkylation sites (N-methyl/N-ethyl adjacent to an activating group) is 1. The highest BCUT2D eigenvalue weighted by Gasteiger charge is 2.43. The van der Waals surface area contributed by atoms with Gasteiger partial charge in [0.15, 0.2) is 11.5 Å². The fourth-order valence-corrected chi connectivity index (χ4v) is 4.14. The van der Waals surface area contributed by atoms with Crippen LogP contribution in [0.3, 0.4) is 0 Å². The van der Waals surface area contributed by atoms with Crippen molar-refractivity contribution in [2.45, 2.75) is 37.3 Å². The van der Waals surface area contributed by atoms with Crippen molar-refractivity contribution < 1.29 is 14.6 Å². The van der Waals surface area contributed by atoms with Crippen LogP contribution in [0.5, 0.6) is 11.5 Å². The second-order valence-electron chi connectivity index (χ2n) is 6.36. The normalized spacial score (nSPS) is 32.8. The molecule has 1 aliphatic heterocycles. The molecular formula is C17H25NO3. The molecule has 2 fully saturated rings. The van der Waals surface area contributed by atoms with Crippen molar-refractivity contribution in [1.29, 1.82) is 0 Å². The van der Waals surface area contributed by atoms with Gasteiger partial charge < -0.3 is 19.5 Å². The molecule has 0 spiro atoms. The van der Waals surface area contributed by atoms with Crippen LogP contribution in [-0.4, -0.2) is 50.0 Å². The zero-order valence-corrected chi connectivity index (χ0v) is 13.1. The van der Waals surface area contributed by atoms with E-state index in [-0.39, 0.29) is 6.10 Å². The Labute approximate surface area is 126 Å². The number of methoxy groups -OCH3 is 2. The predicted octanol–water partition coefficient (Wildman–Crippen LogP) is 2.26. The van der Waals surface area contributed by atoms with Crippen molar-refractivity contribution >= 4 is 0 Å². The minimum Gasteiger partial charge on any atom is -0.493 e. The number of nitrogens with zero attached hydrogens (tertiary/aromatic N) is 1. The lowest BCUT2D eigenvalue weighted by Gasteiger charge is -2.33. The van der Waals surface area contributed by atoms with Crippen LogP contribution < -0.4 is 9.47 Å². The average Bonchev–Trinajstić information content (AvgIpc) is 2.83. The number of hydrogen-bond donors (Lipinski definition) is 1. The van der Waals surface area contributed by atoms with Crippen LogP contribution in [-0.2, 0) is 0 Å². The third kappa shape index (κ3) is 2.62. The number of fused-ring (bicyclic) bond motifs is 1. The van der Waals surface area contributed by atoms with Crippen molar-refractivity contribution in [2.24, 2.45) is 5.92 Å². The molecule has 3 unspecified atom stereocenters. The van der Waals surface area contributed by atoms with Gasteiger partial charge in [-0.05, 0) is 49.9 Å². The quantitative estimate of drug-likeness (QED) is 0.927. The standard InChI is InChI=1S/C17H25NO3/c1-18-10-14(13-6-5-12(19)9-15(13)18)11-4-7-16(20-2)17(8-11)21-3/h4,7-8,12-15,19H,5-6,9-10H2,1-3H3/t12?,13?,14-,15?/m1/s1. The average molecular weight is 291 g/mol. The van der Waals surface area contributed by atoms with E-state index in [0.29, 0.717) is 17.9 Å². The second kappa shape index (κ2) is 5.85. The Morgan fingerprint density at radius 2 is 1.90 bits per heavy atom. The first-order chi connectivity index (χ1) is 10.1. The lowest BCUT2D eigenvalue weighted by Crippen LogP contribution is -2.37. The summed E-state index contributed by atoms with van der Waals surface area (Å²) in [5, 5.41) is 9.92. The lowest BCUT2D eigenvalue weighted by molar-refractivity contribution is 0.0697. The lowest BCUT2D eigenvalue weighted by atomic mass is 9.76. The van der Waals surface area contributed by atoms with Crippen LogP contribution in [0.4, 0.5) is 0 Å².